The van der Waals surface area contributed by atoms with Crippen molar-refractivity contribution in [1.82, 2.24) is 0 Å². The molecule has 1 radical (unpaired) electrons. The topological polar surface area (TPSA) is 29.1 Å². The summed E-state index contributed by atoms with van der Waals surface area (Å²) in [6.45, 7) is 6.73. The Morgan fingerprint density at radius 3 is 2.42 bits per heavy atom. The molecule has 0 aromatic heterocycles. The molecule has 0 rings (SSSR count). The van der Waals surface area contributed by atoms with Crippen LogP contribution in [0.1, 0.15) is 46.5 Å². The van der Waals surface area contributed by atoms with Gasteiger partial charge in [0.25, 0.3) is 0 Å². The van der Waals surface area contributed by atoms with E-state index < -0.39 is 6.29 Å². The summed E-state index contributed by atoms with van der Waals surface area (Å²) >= 11 is 0. The molecule has 0 saturated carbocycles. The summed E-state index contributed by atoms with van der Waals surface area (Å²) in [5.41, 5.74) is 0. The van der Waals surface area contributed by atoms with Gasteiger partial charge in [-0.1, -0.05) is 33.6 Å². The van der Waals surface area contributed by atoms with E-state index in [2.05, 4.69) is 6.92 Å². The van der Waals surface area contributed by atoms with Crippen LogP contribution in [0, 0.1) is 5.92 Å². The van der Waals surface area contributed by atoms with Crippen molar-refractivity contribution < 1.29 is 9.84 Å². The molecule has 12 heavy (non-hydrogen) atoms. The van der Waals surface area contributed by atoms with Crippen LogP contribution >= 0.6 is 0 Å². The highest BCUT2D eigenvalue weighted by molar-refractivity contribution is 4.51. The fourth-order valence-corrected chi connectivity index (χ4v) is 0.908. The molecular formula is C10H21O2. The van der Waals surface area contributed by atoms with Gasteiger partial charge in [-0.25, -0.2) is 5.11 Å². The highest BCUT2D eigenvalue weighted by atomic mass is 16.6. The Morgan fingerprint density at radius 2 is 1.92 bits per heavy atom. The van der Waals surface area contributed by atoms with Gasteiger partial charge in [0, 0.05) is 12.5 Å². The first-order valence-electron chi connectivity index (χ1n) is 4.99. The van der Waals surface area contributed by atoms with Crippen molar-refractivity contribution in [1.29, 1.82) is 0 Å². The Kier molecular flexibility index (Phi) is 7.51. The van der Waals surface area contributed by atoms with E-state index in [0.717, 1.165) is 19.3 Å². The van der Waals surface area contributed by atoms with Crippen LogP contribution < -0.4 is 0 Å². The maximum atomic E-state index is 11.2. The van der Waals surface area contributed by atoms with Gasteiger partial charge in [0.1, 0.15) is 0 Å². The first-order valence-corrected chi connectivity index (χ1v) is 4.99. The lowest BCUT2D eigenvalue weighted by molar-refractivity contribution is -0.169. The van der Waals surface area contributed by atoms with Crippen molar-refractivity contribution in [3.8, 4) is 0 Å². The smallest absolute Gasteiger partial charge is 0.193 e. The van der Waals surface area contributed by atoms with Crippen LogP contribution in [-0.2, 0) is 9.84 Å². The van der Waals surface area contributed by atoms with Gasteiger partial charge in [0.15, 0.2) is 6.29 Å². The molecular weight excluding hydrogens is 152 g/mol. The van der Waals surface area contributed by atoms with Gasteiger partial charge in [-0.2, -0.15) is 0 Å². The van der Waals surface area contributed by atoms with Crippen LogP contribution in [-0.4, -0.2) is 12.9 Å². The van der Waals surface area contributed by atoms with Crippen molar-refractivity contribution in [2.45, 2.75) is 52.7 Å². The SMILES string of the molecule is CCCCCOC([O])C(C)CC. The first kappa shape index (κ1) is 11.9. The Bertz CT molecular complexity index is 93.8. The predicted octanol–water partition coefficient (Wildman–Crippen LogP) is 3.00. The standard InChI is InChI=1S/C10H21O2/c1-4-6-7-8-12-10(11)9(3)5-2/h9-10H,4-8H2,1-3H3. The van der Waals surface area contributed by atoms with Crippen molar-refractivity contribution >= 4 is 0 Å². The van der Waals surface area contributed by atoms with Crippen molar-refractivity contribution in [3.05, 3.63) is 0 Å². The van der Waals surface area contributed by atoms with E-state index in [0.29, 0.717) is 6.61 Å². The van der Waals surface area contributed by atoms with Crippen molar-refractivity contribution in [3.63, 3.8) is 0 Å². The fraction of sp³-hybridized carbons (Fsp3) is 1.00. The molecule has 2 unspecified atom stereocenters. The summed E-state index contributed by atoms with van der Waals surface area (Å²) in [4.78, 5) is 0. The maximum absolute atomic E-state index is 11.2. The quantitative estimate of drug-likeness (QED) is 0.430. The maximum Gasteiger partial charge on any atom is 0.193 e. The minimum absolute atomic E-state index is 0.145. The number of unbranched alkanes of at least 4 members (excludes halogenated alkanes) is 2. The molecule has 0 amide bonds. The summed E-state index contributed by atoms with van der Waals surface area (Å²) < 4.78 is 5.14. The third-order valence-corrected chi connectivity index (χ3v) is 2.14. The number of hydrogen-bond donors (Lipinski definition) is 0. The molecule has 2 nitrogen and oxygen atoms in total. The molecule has 0 aliphatic heterocycles. The third kappa shape index (κ3) is 5.56. The summed E-state index contributed by atoms with van der Waals surface area (Å²) in [6, 6.07) is 0. The number of rotatable bonds is 7. The minimum Gasteiger partial charge on any atom is -0.349 e. The average molecular weight is 173 g/mol. The minimum atomic E-state index is -0.813. The van der Waals surface area contributed by atoms with E-state index in [9.17, 15) is 5.11 Å². The largest absolute Gasteiger partial charge is 0.349 e. The molecule has 0 aliphatic carbocycles. The lowest BCUT2D eigenvalue weighted by Gasteiger charge is -2.15. The van der Waals surface area contributed by atoms with Gasteiger partial charge >= 0.3 is 0 Å². The zero-order valence-electron chi connectivity index (χ0n) is 8.51. The van der Waals surface area contributed by atoms with Crippen molar-refractivity contribution in [2.75, 3.05) is 6.61 Å². The summed E-state index contributed by atoms with van der Waals surface area (Å²) in [7, 11) is 0. The molecule has 0 aromatic carbocycles. The number of ether oxygens (including phenoxy) is 1. The molecule has 0 aromatic rings. The monoisotopic (exact) mass is 173 g/mol. The van der Waals surface area contributed by atoms with Crippen LogP contribution in [0.15, 0.2) is 0 Å². The van der Waals surface area contributed by atoms with Gasteiger partial charge in [-0.15, -0.1) is 0 Å². The van der Waals surface area contributed by atoms with E-state index in [1.807, 2.05) is 13.8 Å². The van der Waals surface area contributed by atoms with Crippen LogP contribution in [0.4, 0.5) is 0 Å². The molecule has 0 bridgehead atoms. The second-order valence-electron chi connectivity index (χ2n) is 3.33. The second kappa shape index (κ2) is 7.56. The summed E-state index contributed by atoms with van der Waals surface area (Å²) in [5, 5.41) is 11.2. The Hall–Kier alpha value is -0.0800. The fourth-order valence-electron chi connectivity index (χ4n) is 0.908. The molecule has 2 atom stereocenters. The molecule has 0 aliphatic rings. The summed E-state index contributed by atoms with van der Waals surface area (Å²) in [5.74, 6) is 0.145. The zero-order valence-corrected chi connectivity index (χ0v) is 8.51. The van der Waals surface area contributed by atoms with Crippen LogP contribution in [0.3, 0.4) is 0 Å². The van der Waals surface area contributed by atoms with Gasteiger partial charge < -0.3 is 4.74 Å². The van der Waals surface area contributed by atoms with Crippen LogP contribution in [0.2, 0.25) is 0 Å². The highest BCUT2D eigenvalue weighted by Gasteiger charge is 2.13. The first-order chi connectivity index (χ1) is 5.72. The molecule has 0 heterocycles. The lowest BCUT2D eigenvalue weighted by Crippen LogP contribution is -2.19. The van der Waals surface area contributed by atoms with Gasteiger partial charge in [-0.3, -0.25) is 0 Å². The molecule has 0 N–H and O–H groups in total. The van der Waals surface area contributed by atoms with E-state index >= 15 is 0 Å². The van der Waals surface area contributed by atoms with Crippen LogP contribution in [0.5, 0.6) is 0 Å². The molecule has 2 heteroatoms. The normalized spacial score (nSPS) is 16.0. The molecule has 73 valence electrons. The zero-order chi connectivity index (χ0) is 9.40. The number of hydrogen-bond acceptors (Lipinski definition) is 1. The third-order valence-electron chi connectivity index (χ3n) is 2.14. The Morgan fingerprint density at radius 1 is 1.25 bits per heavy atom. The average Bonchev–Trinajstić information content (AvgIpc) is 2.10. The molecule has 0 spiro atoms. The predicted molar refractivity (Wildman–Crippen MR) is 49.4 cm³/mol. The van der Waals surface area contributed by atoms with E-state index in [1.165, 1.54) is 6.42 Å². The van der Waals surface area contributed by atoms with Gasteiger partial charge in [-0.05, 0) is 12.8 Å². The van der Waals surface area contributed by atoms with E-state index in [1.54, 1.807) is 0 Å². The second-order valence-corrected chi connectivity index (χ2v) is 3.33. The molecule has 0 saturated heterocycles. The van der Waals surface area contributed by atoms with E-state index in [-0.39, 0.29) is 5.92 Å². The summed E-state index contributed by atoms with van der Waals surface area (Å²) in [6.07, 6.45) is 3.45. The molecule has 0 fully saturated rings. The highest BCUT2D eigenvalue weighted by Crippen LogP contribution is 2.09. The van der Waals surface area contributed by atoms with Crippen LogP contribution in [0.25, 0.3) is 0 Å². The Labute approximate surface area is 75.9 Å². The van der Waals surface area contributed by atoms with Gasteiger partial charge in [0.2, 0.25) is 0 Å². The Balaban J connectivity index is 3.24. The van der Waals surface area contributed by atoms with Gasteiger partial charge in [0.05, 0.1) is 0 Å². The van der Waals surface area contributed by atoms with E-state index in [4.69, 9.17) is 4.74 Å². The van der Waals surface area contributed by atoms with Crippen molar-refractivity contribution in [2.24, 2.45) is 5.92 Å². The lowest BCUT2D eigenvalue weighted by atomic mass is 10.1.